The first-order valence-electron chi connectivity index (χ1n) is 14.9. The molecule has 1 aliphatic carbocycles. The largest absolute Gasteiger partial charge is 0.493 e. The number of rotatable bonds is 7. The lowest BCUT2D eigenvalue weighted by atomic mass is 9.82. The third-order valence-corrected chi connectivity index (χ3v) is 8.47. The van der Waals surface area contributed by atoms with Gasteiger partial charge in [0, 0.05) is 0 Å². The summed E-state index contributed by atoms with van der Waals surface area (Å²) in [7, 11) is 1.48. The number of carbonyl (C=O) groups excluding carboxylic acids is 6. The Morgan fingerprint density at radius 1 is 0.646 bits per heavy atom. The van der Waals surface area contributed by atoms with E-state index in [1.165, 1.54) is 43.5 Å². The van der Waals surface area contributed by atoms with Crippen LogP contribution in [0.5, 0.6) is 17.2 Å². The van der Waals surface area contributed by atoms with Crippen molar-refractivity contribution in [2.24, 2.45) is 0 Å². The van der Waals surface area contributed by atoms with Crippen molar-refractivity contribution in [3.05, 3.63) is 129 Å². The van der Waals surface area contributed by atoms with E-state index in [0.717, 1.165) is 36.0 Å². The molecule has 0 spiro atoms. The average molecular weight is 645 g/mol. The van der Waals surface area contributed by atoms with Gasteiger partial charge in [-0.15, -0.1) is 0 Å². The van der Waals surface area contributed by atoms with Gasteiger partial charge in [0.1, 0.15) is 5.75 Å². The van der Waals surface area contributed by atoms with E-state index in [0.29, 0.717) is 11.5 Å². The Morgan fingerprint density at radius 3 is 1.79 bits per heavy atom. The van der Waals surface area contributed by atoms with Gasteiger partial charge in [-0.3, -0.25) is 0 Å². The predicted octanol–water partition coefficient (Wildman–Crippen LogP) is 6.11. The number of carbonyl (C=O) groups is 6. The standard InChI is InChI=1S/C37H24O11/c1-44-31-18-22(10-15-30(31)46-33(39)24-9-14-27-29(17-24)37(43)48-35(27)41)21-4-2-19(3-5-21)20-6-11-25(12-7-20)45-32(38)23-8-13-26-28(16-23)36(42)47-34(26)40/h4,6-19H,2-3,5H2,1H3. The molecular weight excluding hydrogens is 620 g/mol. The van der Waals surface area contributed by atoms with Crippen LogP contribution in [0.4, 0.5) is 0 Å². The van der Waals surface area contributed by atoms with Gasteiger partial charge in [-0.2, -0.15) is 0 Å². The molecule has 0 bridgehead atoms. The minimum Gasteiger partial charge on any atom is -0.493 e. The fraction of sp³-hybridized carbons (Fsp3) is 0.135. The zero-order valence-electron chi connectivity index (χ0n) is 25.3. The van der Waals surface area contributed by atoms with E-state index >= 15 is 0 Å². The summed E-state index contributed by atoms with van der Waals surface area (Å²) in [5.41, 5.74) is 3.62. The van der Waals surface area contributed by atoms with E-state index in [4.69, 9.17) is 14.2 Å². The molecule has 2 heterocycles. The number of ether oxygens (including phenoxy) is 5. The van der Waals surface area contributed by atoms with E-state index < -0.39 is 35.8 Å². The lowest BCUT2D eigenvalue weighted by molar-refractivity contribution is 0.0425. The molecule has 0 fully saturated rings. The van der Waals surface area contributed by atoms with Crippen molar-refractivity contribution in [2.75, 3.05) is 7.11 Å². The van der Waals surface area contributed by atoms with Crippen molar-refractivity contribution in [2.45, 2.75) is 25.2 Å². The van der Waals surface area contributed by atoms with Gasteiger partial charge in [0.25, 0.3) is 0 Å². The minimum atomic E-state index is -0.809. The number of hydrogen-bond donors (Lipinski definition) is 0. The first-order chi connectivity index (χ1) is 23.2. The summed E-state index contributed by atoms with van der Waals surface area (Å²) < 4.78 is 25.7. The summed E-state index contributed by atoms with van der Waals surface area (Å²) in [5.74, 6) is -3.31. The SMILES string of the molecule is COc1cc(C2=CCC(c3ccc(OC(=O)c4ccc5c(c4)C(=O)OC5=O)cc3)CC2)ccc1OC(=O)c1ccc2c(c1)C(=O)OC2=O. The molecule has 48 heavy (non-hydrogen) atoms. The van der Waals surface area contributed by atoms with Gasteiger partial charge in [-0.25, -0.2) is 28.8 Å². The van der Waals surface area contributed by atoms with Crippen molar-refractivity contribution in [3.63, 3.8) is 0 Å². The van der Waals surface area contributed by atoms with Crippen molar-refractivity contribution in [3.8, 4) is 17.2 Å². The van der Waals surface area contributed by atoms with Crippen LogP contribution in [0.15, 0.2) is 84.9 Å². The molecule has 0 aromatic heterocycles. The molecule has 0 amide bonds. The Kier molecular flexibility index (Phi) is 7.64. The monoisotopic (exact) mass is 644 g/mol. The maximum atomic E-state index is 12.8. The van der Waals surface area contributed by atoms with Crippen LogP contribution in [0.25, 0.3) is 5.57 Å². The van der Waals surface area contributed by atoms with Crippen LogP contribution in [0.2, 0.25) is 0 Å². The molecule has 0 radical (unpaired) electrons. The number of hydrogen-bond acceptors (Lipinski definition) is 11. The fourth-order valence-corrected chi connectivity index (χ4v) is 5.91. The van der Waals surface area contributed by atoms with E-state index in [2.05, 4.69) is 15.5 Å². The topological polar surface area (TPSA) is 149 Å². The first-order valence-corrected chi connectivity index (χ1v) is 14.9. The predicted molar refractivity (Wildman–Crippen MR) is 166 cm³/mol. The number of esters is 6. The van der Waals surface area contributed by atoms with Gasteiger partial charge < -0.3 is 23.7 Å². The van der Waals surface area contributed by atoms with Crippen molar-refractivity contribution in [1.82, 2.24) is 0 Å². The van der Waals surface area contributed by atoms with Crippen LogP contribution in [0.3, 0.4) is 0 Å². The smallest absolute Gasteiger partial charge is 0.346 e. The van der Waals surface area contributed by atoms with Crippen LogP contribution in [-0.4, -0.2) is 42.9 Å². The number of cyclic esters (lactones) is 4. The van der Waals surface area contributed by atoms with Crippen molar-refractivity contribution in [1.29, 1.82) is 0 Å². The molecule has 11 nitrogen and oxygen atoms in total. The highest BCUT2D eigenvalue weighted by Gasteiger charge is 2.32. The molecule has 3 aliphatic rings. The van der Waals surface area contributed by atoms with E-state index in [1.807, 2.05) is 18.2 Å². The van der Waals surface area contributed by atoms with Gasteiger partial charge in [0.15, 0.2) is 11.5 Å². The molecule has 7 rings (SSSR count). The summed E-state index contributed by atoms with van der Waals surface area (Å²) in [6.07, 6.45) is 4.60. The lowest BCUT2D eigenvalue weighted by Crippen LogP contribution is -2.11. The maximum absolute atomic E-state index is 12.8. The first kappa shape index (κ1) is 30.3. The second-order valence-corrected chi connectivity index (χ2v) is 11.3. The zero-order valence-corrected chi connectivity index (χ0v) is 25.3. The molecule has 238 valence electrons. The summed E-state index contributed by atoms with van der Waals surface area (Å²) in [6.45, 7) is 0. The Bertz CT molecular complexity index is 2110. The van der Waals surface area contributed by atoms with E-state index in [-0.39, 0.29) is 45.0 Å². The molecule has 1 atom stereocenters. The van der Waals surface area contributed by atoms with E-state index in [9.17, 15) is 28.8 Å². The normalized spacial score (nSPS) is 16.4. The van der Waals surface area contributed by atoms with Gasteiger partial charge in [-0.05, 0) is 103 Å². The van der Waals surface area contributed by atoms with Gasteiger partial charge in [0.05, 0.1) is 40.5 Å². The fourth-order valence-electron chi connectivity index (χ4n) is 5.91. The number of allylic oxidation sites excluding steroid dienone is 2. The molecule has 1 unspecified atom stereocenters. The summed E-state index contributed by atoms with van der Waals surface area (Å²) in [5, 5.41) is 0. The molecule has 11 heteroatoms. The Labute approximate surface area is 272 Å². The summed E-state index contributed by atoms with van der Waals surface area (Å²) in [6, 6.07) is 20.7. The molecule has 2 aliphatic heterocycles. The van der Waals surface area contributed by atoms with Crippen LogP contribution >= 0.6 is 0 Å². The maximum Gasteiger partial charge on any atom is 0.346 e. The third-order valence-electron chi connectivity index (χ3n) is 8.47. The van der Waals surface area contributed by atoms with Crippen LogP contribution in [-0.2, 0) is 9.47 Å². The molecule has 0 N–H and O–H groups in total. The van der Waals surface area contributed by atoms with Crippen LogP contribution < -0.4 is 14.2 Å². The molecule has 4 aromatic rings. The average Bonchev–Trinajstić information content (AvgIpc) is 3.56. The van der Waals surface area contributed by atoms with Gasteiger partial charge >= 0.3 is 35.8 Å². The van der Waals surface area contributed by atoms with Gasteiger partial charge in [0.2, 0.25) is 0 Å². The Morgan fingerprint density at radius 2 is 1.23 bits per heavy atom. The highest BCUT2D eigenvalue weighted by Crippen LogP contribution is 2.39. The highest BCUT2D eigenvalue weighted by molar-refractivity contribution is 6.16. The molecule has 4 aromatic carbocycles. The molecule has 0 saturated carbocycles. The molecular formula is C37H24O11. The Hall–Kier alpha value is -6.36. The zero-order chi connectivity index (χ0) is 33.5. The summed E-state index contributed by atoms with van der Waals surface area (Å²) in [4.78, 5) is 72.6. The van der Waals surface area contributed by atoms with Crippen molar-refractivity contribution < 1.29 is 52.5 Å². The quantitative estimate of drug-likeness (QED) is 0.130. The minimum absolute atomic E-state index is 0.0144. The Balaban J connectivity index is 0.981. The highest BCUT2D eigenvalue weighted by atomic mass is 16.6. The number of benzene rings is 4. The van der Waals surface area contributed by atoms with E-state index in [1.54, 1.807) is 24.3 Å². The number of fused-ring (bicyclic) bond motifs is 2. The van der Waals surface area contributed by atoms with Gasteiger partial charge in [-0.1, -0.05) is 24.3 Å². The second kappa shape index (κ2) is 12.1. The lowest BCUT2D eigenvalue weighted by Gasteiger charge is -2.23. The van der Waals surface area contributed by atoms with Crippen molar-refractivity contribution >= 4 is 41.4 Å². The van der Waals surface area contributed by atoms with Crippen LogP contribution in [0, 0.1) is 0 Å². The second-order valence-electron chi connectivity index (χ2n) is 11.3. The van der Waals surface area contributed by atoms with Crippen LogP contribution in [0.1, 0.15) is 98.5 Å². The number of methoxy groups -OCH3 is 1. The third kappa shape index (κ3) is 5.62. The summed E-state index contributed by atoms with van der Waals surface area (Å²) >= 11 is 0. The molecule has 0 saturated heterocycles.